The van der Waals surface area contributed by atoms with E-state index in [1.54, 1.807) is 4.90 Å². The van der Waals surface area contributed by atoms with E-state index in [1.165, 1.54) is 4.90 Å². The number of primary amides is 1. The molecule has 2 saturated heterocycles. The first kappa shape index (κ1) is 10.9. The zero-order chi connectivity index (χ0) is 11.7. The SMILES string of the molecule is NC(=O)CN1CC(=O)N2CCCCC2C1=O. The molecule has 0 aliphatic carbocycles. The third-order valence-electron chi connectivity index (χ3n) is 3.09. The van der Waals surface area contributed by atoms with E-state index in [0.717, 1.165) is 12.8 Å². The molecule has 0 spiro atoms. The topological polar surface area (TPSA) is 83.7 Å². The Morgan fingerprint density at radius 2 is 2.12 bits per heavy atom. The number of fused-ring (bicyclic) bond motifs is 1. The van der Waals surface area contributed by atoms with Crippen LogP contribution in [-0.2, 0) is 14.4 Å². The lowest BCUT2D eigenvalue weighted by molar-refractivity contribution is -0.158. The van der Waals surface area contributed by atoms with Crippen molar-refractivity contribution in [1.29, 1.82) is 0 Å². The molecular formula is C10H15N3O3. The number of hydrogen-bond acceptors (Lipinski definition) is 3. The maximum atomic E-state index is 12.0. The Bertz CT molecular complexity index is 342. The van der Waals surface area contributed by atoms with Gasteiger partial charge in [-0.25, -0.2) is 0 Å². The first-order valence-corrected chi connectivity index (χ1v) is 5.46. The largest absolute Gasteiger partial charge is 0.368 e. The summed E-state index contributed by atoms with van der Waals surface area (Å²) in [7, 11) is 0. The fraction of sp³-hybridized carbons (Fsp3) is 0.700. The van der Waals surface area contributed by atoms with Crippen LogP contribution >= 0.6 is 0 Å². The number of nitrogens with two attached hydrogens (primary N) is 1. The summed E-state index contributed by atoms with van der Waals surface area (Å²) in [6.07, 6.45) is 2.59. The number of piperazine rings is 1. The summed E-state index contributed by atoms with van der Waals surface area (Å²) >= 11 is 0. The van der Waals surface area contributed by atoms with E-state index in [4.69, 9.17) is 5.73 Å². The van der Waals surface area contributed by atoms with Gasteiger partial charge in [0.1, 0.15) is 12.6 Å². The van der Waals surface area contributed by atoms with Crippen molar-refractivity contribution in [2.45, 2.75) is 25.3 Å². The predicted molar refractivity (Wildman–Crippen MR) is 55.1 cm³/mol. The van der Waals surface area contributed by atoms with Crippen LogP contribution in [0.4, 0.5) is 0 Å². The maximum absolute atomic E-state index is 12.0. The summed E-state index contributed by atoms with van der Waals surface area (Å²) < 4.78 is 0. The van der Waals surface area contributed by atoms with Gasteiger partial charge in [0, 0.05) is 6.54 Å². The normalized spacial score (nSPS) is 25.6. The molecule has 6 nitrogen and oxygen atoms in total. The van der Waals surface area contributed by atoms with Crippen LogP contribution in [0.25, 0.3) is 0 Å². The molecule has 1 unspecified atom stereocenters. The van der Waals surface area contributed by atoms with Gasteiger partial charge in [-0.1, -0.05) is 0 Å². The summed E-state index contributed by atoms with van der Waals surface area (Å²) in [5.74, 6) is -0.797. The number of amides is 3. The number of carbonyl (C=O) groups excluding carboxylic acids is 3. The predicted octanol–water partition coefficient (Wildman–Crippen LogP) is -1.30. The lowest BCUT2D eigenvalue weighted by Crippen LogP contribution is -2.62. The van der Waals surface area contributed by atoms with E-state index in [0.29, 0.717) is 13.0 Å². The monoisotopic (exact) mass is 225 g/mol. The minimum atomic E-state index is -0.578. The Kier molecular flexibility index (Phi) is 2.80. The first-order valence-electron chi connectivity index (χ1n) is 5.46. The standard InChI is InChI=1S/C10H15N3O3/c11-8(14)5-12-6-9(15)13-4-2-1-3-7(13)10(12)16/h7H,1-6H2,(H2,11,14). The van der Waals surface area contributed by atoms with Crippen molar-refractivity contribution in [3.8, 4) is 0 Å². The van der Waals surface area contributed by atoms with Crippen LogP contribution in [0.2, 0.25) is 0 Å². The third kappa shape index (κ3) is 1.87. The number of nitrogens with zero attached hydrogens (tertiary/aromatic N) is 2. The van der Waals surface area contributed by atoms with Gasteiger partial charge in [0.2, 0.25) is 17.7 Å². The molecule has 1 atom stereocenters. The molecule has 0 aromatic heterocycles. The zero-order valence-electron chi connectivity index (χ0n) is 9.02. The first-order chi connectivity index (χ1) is 7.59. The summed E-state index contributed by atoms with van der Waals surface area (Å²) in [5.41, 5.74) is 5.04. The molecule has 88 valence electrons. The van der Waals surface area contributed by atoms with Crippen molar-refractivity contribution in [3.05, 3.63) is 0 Å². The maximum Gasteiger partial charge on any atom is 0.246 e. The highest BCUT2D eigenvalue weighted by atomic mass is 16.2. The van der Waals surface area contributed by atoms with Gasteiger partial charge in [-0.15, -0.1) is 0 Å². The Balaban J connectivity index is 2.13. The summed E-state index contributed by atoms with van der Waals surface area (Å²) in [5, 5.41) is 0. The fourth-order valence-electron chi connectivity index (χ4n) is 2.35. The van der Waals surface area contributed by atoms with Crippen LogP contribution in [0.15, 0.2) is 0 Å². The van der Waals surface area contributed by atoms with E-state index >= 15 is 0 Å². The van der Waals surface area contributed by atoms with Crippen molar-refractivity contribution in [3.63, 3.8) is 0 Å². The molecule has 2 fully saturated rings. The smallest absolute Gasteiger partial charge is 0.246 e. The van der Waals surface area contributed by atoms with Crippen molar-refractivity contribution in [1.82, 2.24) is 9.80 Å². The number of hydrogen-bond donors (Lipinski definition) is 1. The van der Waals surface area contributed by atoms with E-state index in [-0.39, 0.29) is 30.9 Å². The second-order valence-corrected chi connectivity index (χ2v) is 4.26. The zero-order valence-corrected chi connectivity index (χ0v) is 9.02. The highest BCUT2D eigenvalue weighted by Gasteiger charge is 2.40. The average molecular weight is 225 g/mol. The molecule has 0 aromatic rings. The lowest BCUT2D eigenvalue weighted by atomic mass is 9.98. The number of rotatable bonds is 2. The van der Waals surface area contributed by atoms with E-state index in [2.05, 4.69) is 0 Å². The molecule has 0 aromatic carbocycles. The van der Waals surface area contributed by atoms with Crippen LogP contribution in [0.3, 0.4) is 0 Å². The quantitative estimate of drug-likeness (QED) is 0.633. The summed E-state index contributed by atoms with van der Waals surface area (Å²) in [4.78, 5) is 37.4. The van der Waals surface area contributed by atoms with Gasteiger partial charge in [0.15, 0.2) is 0 Å². The molecule has 16 heavy (non-hydrogen) atoms. The van der Waals surface area contributed by atoms with Gasteiger partial charge in [0.05, 0.1) is 6.54 Å². The molecule has 3 amide bonds. The highest BCUT2D eigenvalue weighted by molar-refractivity contribution is 5.97. The number of carbonyl (C=O) groups is 3. The van der Waals surface area contributed by atoms with Crippen molar-refractivity contribution >= 4 is 17.7 Å². The molecule has 2 aliphatic rings. The van der Waals surface area contributed by atoms with E-state index in [1.807, 2.05) is 0 Å². The van der Waals surface area contributed by atoms with Gasteiger partial charge < -0.3 is 15.5 Å². The molecule has 2 rings (SSSR count). The van der Waals surface area contributed by atoms with Gasteiger partial charge in [-0.3, -0.25) is 14.4 Å². The molecular weight excluding hydrogens is 210 g/mol. The van der Waals surface area contributed by atoms with Gasteiger partial charge in [-0.05, 0) is 19.3 Å². The minimum Gasteiger partial charge on any atom is -0.368 e. The van der Waals surface area contributed by atoms with Gasteiger partial charge >= 0.3 is 0 Å². The molecule has 2 heterocycles. The average Bonchev–Trinajstić information content (AvgIpc) is 2.25. The van der Waals surface area contributed by atoms with Crippen molar-refractivity contribution in [2.24, 2.45) is 5.73 Å². The molecule has 0 radical (unpaired) electrons. The number of piperidine rings is 1. The Hall–Kier alpha value is -1.59. The van der Waals surface area contributed by atoms with E-state index in [9.17, 15) is 14.4 Å². The second kappa shape index (κ2) is 4.11. The molecule has 0 saturated carbocycles. The van der Waals surface area contributed by atoms with Crippen LogP contribution in [0.1, 0.15) is 19.3 Å². The van der Waals surface area contributed by atoms with Crippen LogP contribution < -0.4 is 5.73 Å². The van der Waals surface area contributed by atoms with Crippen molar-refractivity contribution < 1.29 is 14.4 Å². The van der Waals surface area contributed by atoms with Crippen molar-refractivity contribution in [2.75, 3.05) is 19.6 Å². The van der Waals surface area contributed by atoms with Crippen LogP contribution in [0.5, 0.6) is 0 Å². The second-order valence-electron chi connectivity index (χ2n) is 4.26. The summed E-state index contributed by atoms with van der Waals surface area (Å²) in [6, 6.07) is -0.366. The Labute approximate surface area is 93.4 Å². The van der Waals surface area contributed by atoms with E-state index < -0.39 is 5.91 Å². The van der Waals surface area contributed by atoms with Gasteiger partial charge in [0.25, 0.3) is 0 Å². The van der Waals surface area contributed by atoms with Crippen LogP contribution in [-0.4, -0.2) is 53.2 Å². The molecule has 2 aliphatic heterocycles. The highest BCUT2D eigenvalue weighted by Crippen LogP contribution is 2.22. The van der Waals surface area contributed by atoms with Gasteiger partial charge in [-0.2, -0.15) is 0 Å². The molecule has 2 N–H and O–H groups in total. The Morgan fingerprint density at radius 1 is 1.38 bits per heavy atom. The summed E-state index contributed by atoms with van der Waals surface area (Å²) in [6.45, 7) is 0.479. The fourth-order valence-corrected chi connectivity index (χ4v) is 2.35. The Morgan fingerprint density at radius 3 is 2.81 bits per heavy atom. The minimum absolute atomic E-state index is 0.0156. The molecule has 6 heteroatoms. The lowest BCUT2D eigenvalue weighted by Gasteiger charge is -2.42. The third-order valence-corrected chi connectivity index (χ3v) is 3.09. The molecule has 0 bridgehead atoms. The van der Waals surface area contributed by atoms with Crippen LogP contribution in [0, 0.1) is 0 Å².